The van der Waals surface area contributed by atoms with Gasteiger partial charge >= 0.3 is 5.97 Å². The van der Waals surface area contributed by atoms with Gasteiger partial charge in [0.2, 0.25) is 5.91 Å². The standard InChI is InChI=1S/C51H91NO5/c1-4-7-10-13-16-19-22-24-25-26-27-29-32-35-38-41-44-51(56)57-47(42-39-36-33-30-28-23-20-17-14-11-8-5-2)45-50(55)52-48(46-53)49(54)43-40-37-34-31-21-18-15-12-9-6-3/h7,10,16,19,24-25,27,29,35,38,47-49,53-54H,4-6,8-9,11-15,17-18,20-23,26,28,30-34,36-37,39-46H2,1-3H3,(H,52,55)/b10-7+,19-16+,25-24+,29-27+,38-35+. The summed E-state index contributed by atoms with van der Waals surface area (Å²) in [6, 6.07) is -0.714. The summed E-state index contributed by atoms with van der Waals surface area (Å²) in [5, 5.41) is 23.6. The van der Waals surface area contributed by atoms with Crippen LogP contribution in [0.2, 0.25) is 0 Å². The van der Waals surface area contributed by atoms with Crippen molar-refractivity contribution in [2.45, 2.75) is 244 Å². The summed E-state index contributed by atoms with van der Waals surface area (Å²) in [4.78, 5) is 26.0. The summed E-state index contributed by atoms with van der Waals surface area (Å²) < 4.78 is 5.87. The van der Waals surface area contributed by atoms with Crippen molar-refractivity contribution in [1.82, 2.24) is 5.32 Å². The van der Waals surface area contributed by atoms with Crippen LogP contribution in [0.5, 0.6) is 0 Å². The molecule has 6 heteroatoms. The fraction of sp³-hybridized carbons (Fsp3) is 0.765. The average molecular weight is 798 g/mol. The number of hydrogen-bond donors (Lipinski definition) is 3. The van der Waals surface area contributed by atoms with Gasteiger partial charge in [0, 0.05) is 6.42 Å². The number of nitrogens with one attached hydrogen (secondary N) is 1. The minimum Gasteiger partial charge on any atom is -0.462 e. The molecule has 0 aromatic carbocycles. The van der Waals surface area contributed by atoms with E-state index in [4.69, 9.17) is 4.74 Å². The van der Waals surface area contributed by atoms with Gasteiger partial charge in [0.1, 0.15) is 6.10 Å². The topological polar surface area (TPSA) is 95.9 Å². The molecule has 0 radical (unpaired) electrons. The highest BCUT2D eigenvalue weighted by Gasteiger charge is 2.24. The number of carbonyl (C=O) groups excluding carboxylic acids is 2. The third-order valence-corrected chi connectivity index (χ3v) is 10.6. The van der Waals surface area contributed by atoms with Crippen LogP contribution in [-0.4, -0.2) is 46.9 Å². The van der Waals surface area contributed by atoms with Gasteiger partial charge in [0.05, 0.1) is 25.2 Å². The zero-order valence-electron chi connectivity index (χ0n) is 37.5. The number of aliphatic hydroxyl groups is 2. The molecule has 0 aromatic rings. The highest BCUT2D eigenvalue weighted by molar-refractivity contribution is 5.77. The third-order valence-electron chi connectivity index (χ3n) is 10.6. The molecule has 0 rings (SSSR count). The summed E-state index contributed by atoms with van der Waals surface area (Å²) in [6.07, 6.45) is 54.3. The average Bonchev–Trinajstić information content (AvgIpc) is 3.20. The lowest BCUT2D eigenvalue weighted by Crippen LogP contribution is -2.46. The van der Waals surface area contributed by atoms with Gasteiger partial charge in [-0.25, -0.2) is 0 Å². The van der Waals surface area contributed by atoms with E-state index in [0.29, 0.717) is 19.3 Å². The first-order chi connectivity index (χ1) is 28.0. The SMILES string of the molecule is CC/C=C/C/C=C/C/C=C/C/C=C/C/C=C/CCC(=O)OC(CCCCCCCCCCCCCC)CC(=O)NC(CO)C(O)CCCCCCCCCCCC. The van der Waals surface area contributed by atoms with E-state index in [9.17, 15) is 19.8 Å². The summed E-state index contributed by atoms with van der Waals surface area (Å²) in [7, 11) is 0. The van der Waals surface area contributed by atoms with E-state index in [1.807, 2.05) is 6.08 Å². The summed E-state index contributed by atoms with van der Waals surface area (Å²) >= 11 is 0. The van der Waals surface area contributed by atoms with Crippen LogP contribution in [0, 0.1) is 0 Å². The first-order valence-corrected chi connectivity index (χ1v) is 24.0. The highest BCUT2D eigenvalue weighted by atomic mass is 16.5. The predicted molar refractivity (Wildman–Crippen MR) is 245 cm³/mol. The molecule has 57 heavy (non-hydrogen) atoms. The number of amides is 1. The quantitative estimate of drug-likeness (QED) is 0.0325. The van der Waals surface area contributed by atoms with Crippen molar-refractivity contribution < 1.29 is 24.5 Å². The van der Waals surface area contributed by atoms with Crippen molar-refractivity contribution in [2.24, 2.45) is 0 Å². The van der Waals surface area contributed by atoms with Gasteiger partial charge in [-0.2, -0.15) is 0 Å². The second-order valence-corrected chi connectivity index (χ2v) is 16.1. The Morgan fingerprint density at radius 1 is 0.526 bits per heavy atom. The summed E-state index contributed by atoms with van der Waals surface area (Å²) in [5.74, 6) is -0.571. The molecular weight excluding hydrogens is 707 g/mol. The normalized spacial score (nSPS) is 13.8. The fourth-order valence-electron chi connectivity index (χ4n) is 7.01. The van der Waals surface area contributed by atoms with Crippen molar-refractivity contribution >= 4 is 11.9 Å². The Kier molecular flexibility index (Phi) is 42.7. The van der Waals surface area contributed by atoms with Gasteiger partial charge in [-0.1, -0.05) is 216 Å². The van der Waals surface area contributed by atoms with Crippen molar-refractivity contribution in [1.29, 1.82) is 0 Å². The van der Waals surface area contributed by atoms with Crippen molar-refractivity contribution in [2.75, 3.05) is 6.61 Å². The van der Waals surface area contributed by atoms with Crippen LogP contribution in [0.4, 0.5) is 0 Å². The van der Waals surface area contributed by atoms with Crippen molar-refractivity contribution in [3.05, 3.63) is 60.8 Å². The molecule has 0 heterocycles. The van der Waals surface area contributed by atoms with Crippen LogP contribution in [0.25, 0.3) is 0 Å². The number of aliphatic hydroxyl groups excluding tert-OH is 2. The molecule has 3 atom stereocenters. The Morgan fingerprint density at radius 2 is 0.912 bits per heavy atom. The Bertz CT molecular complexity index is 1030. The summed E-state index contributed by atoms with van der Waals surface area (Å²) in [5.41, 5.74) is 0. The first kappa shape index (κ1) is 54.6. The number of hydrogen-bond acceptors (Lipinski definition) is 5. The number of esters is 1. The molecule has 0 aliphatic heterocycles. The molecule has 0 fully saturated rings. The van der Waals surface area contributed by atoms with E-state index in [0.717, 1.165) is 70.6 Å². The monoisotopic (exact) mass is 798 g/mol. The number of carbonyl (C=O) groups is 2. The van der Waals surface area contributed by atoms with E-state index < -0.39 is 18.2 Å². The van der Waals surface area contributed by atoms with Gasteiger partial charge in [0.25, 0.3) is 0 Å². The molecule has 0 aromatic heterocycles. The highest BCUT2D eigenvalue weighted by Crippen LogP contribution is 2.17. The van der Waals surface area contributed by atoms with Crippen LogP contribution < -0.4 is 5.32 Å². The smallest absolute Gasteiger partial charge is 0.306 e. The van der Waals surface area contributed by atoms with Gasteiger partial charge in [-0.3, -0.25) is 9.59 Å². The maximum Gasteiger partial charge on any atom is 0.306 e. The Labute approximate surface area is 352 Å². The number of unbranched alkanes of at least 4 members (excludes halogenated alkanes) is 20. The van der Waals surface area contributed by atoms with Gasteiger partial charge < -0.3 is 20.3 Å². The third kappa shape index (κ3) is 40.1. The van der Waals surface area contributed by atoms with Crippen LogP contribution in [0.15, 0.2) is 60.8 Å². The fourth-order valence-corrected chi connectivity index (χ4v) is 7.01. The largest absolute Gasteiger partial charge is 0.462 e. The lowest BCUT2D eigenvalue weighted by atomic mass is 10.0. The van der Waals surface area contributed by atoms with E-state index in [2.05, 4.69) is 80.8 Å². The molecule has 3 N–H and O–H groups in total. The molecule has 1 amide bonds. The van der Waals surface area contributed by atoms with E-state index >= 15 is 0 Å². The molecule has 0 aliphatic carbocycles. The number of rotatable bonds is 42. The molecule has 6 nitrogen and oxygen atoms in total. The molecule has 0 saturated heterocycles. The maximum atomic E-state index is 13.1. The zero-order valence-corrected chi connectivity index (χ0v) is 37.5. The zero-order chi connectivity index (χ0) is 41.7. The molecule has 0 saturated carbocycles. The first-order valence-electron chi connectivity index (χ1n) is 24.0. The molecular formula is C51H91NO5. The second kappa shape index (κ2) is 44.7. The number of ether oxygens (including phenoxy) is 1. The minimum atomic E-state index is -0.797. The second-order valence-electron chi connectivity index (χ2n) is 16.1. The molecule has 0 aliphatic rings. The molecule has 3 unspecified atom stereocenters. The van der Waals surface area contributed by atoms with Crippen LogP contribution in [-0.2, 0) is 14.3 Å². The molecule has 330 valence electrons. The van der Waals surface area contributed by atoms with Crippen molar-refractivity contribution in [3.8, 4) is 0 Å². The van der Waals surface area contributed by atoms with Gasteiger partial charge in [0.15, 0.2) is 0 Å². The van der Waals surface area contributed by atoms with Crippen molar-refractivity contribution in [3.63, 3.8) is 0 Å². The minimum absolute atomic E-state index is 0.0485. The van der Waals surface area contributed by atoms with Gasteiger partial charge in [-0.15, -0.1) is 0 Å². The predicted octanol–water partition coefficient (Wildman–Crippen LogP) is 14.1. The summed E-state index contributed by atoms with van der Waals surface area (Å²) in [6.45, 7) is 6.33. The maximum absolute atomic E-state index is 13.1. The Morgan fingerprint density at radius 3 is 1.33 bits per heavy atom. The number of allylic oxidation sites excluding steroid dienone is 10. The lowest BCUT2D eigenvalue weighted by Gasteiger charge is -2.24. The van der Waals surface area contributed by atoms with Crippen LogP contribution >= 0.6 is 0 Å². The molecule has 0 bridgehead atoms. The van der Waals surface area contributed by atoms with E-state index in [1.165, 1.54) is 103 Å². The van der Waals surface area contributed by atoms with E-state index in [1.54, 1.807) is 0 Å². The lowest BCUT2D eigenvalue weighted by molar-refractivity contribution is -0.150. The van der Waals surface area contributed by atoms with Crippen LogP contribution in [0.1, 0.15) is 226 Å². The molecule has 0 spiro atoms. The van der Waals surface area contributed by atoms with Crippen LogP contribution in [0.3, 0.4) is 0 Å². The Hall–Kier alpha value is -2.44. The van der Waals surface area contributed by atoms with Gasteiger partial charge in [-0.05, 0) is 57.8 Å². The van der Waals surface area contributed by atoms with E-state index in [-0.39, 0.29) is 31.3 Å². The Balaban J connectivity index is 4.69.